The average Bonchev–Trinajstić information content (AvgIpc) is 2.83. The molecule has 0 bridgehead atoms. The van der Waals surface area contributed by atoms with Gasteiger partial charge in [-0.15, -0.1) is 11.3 Å². The van der Waals surface area contributed by atoms with Crippen molar-refractivity contribution in [1.82, 2.24) is 10.2 Å². The van der Waals surface area contributed by atoms with Crippen molar-refractivity contribution in [2.24, 2.45) is 0 Å². The van der Waals surface area contributed by atoms with E-state index in [4.69, 9.17) is 5.11 Å². The van der Waals surface area contributed by atoms with E-state index in [1.54, 1.807) is 13.1 Å². The maximum atomic E-state index is 12.3. The summed E-state index contributed by atoms with van der Waals surface area (Å²) in [7, 11) is 1.60. The Hall–Kier alpha value is -1.84. The Morgan fingerprint density at radius 3 is 2.81 bits per heavy atom. The molecule has 5 nitrogen and oxygen atoms in total. The van der Waals surface area contributed by atoms with Crippen molar-refractivity contribution in [1.29, 1.82) is 0 Å². The molecular formula is C15H20N2O3S. The Balaban J connectivity index is 2.72. The second-order valence-electron chi connectivity index (χ2n) is 4.59. The number of nitrogens with one attached hydrogen (secondary N) is 1. The first kappa shape index (κ1) is 17.2. The monoisotopic (exact) mass is 308 g/mol. The Morgan fingerprint density at radius 2 is 2.19 bits per heavy atom. The van der Waals surface area contributed by atoms with Crippen molar-refractivity contribution >= 4 is 23.2 Å². The van der Waals surface area contributed by atoms with Gasteiger partial charge >= 0.3 is 0 Å². The minimum Gasteiger partial charge on any atom is -0.384 e. The van der Waals surface area contributed by atoms with Crippen molar-refractivity contribution in [3.05, 3.63) is 21.4 Å². The maximum absolute atomic E-state index is 12.3. The molecule has 0 aliphatic heterocycles. The molecule has 2 N–H and O–H groups in total. The van der Waals surface area contributed by atoms with Gasteiger partial charge in [-0.1, -0.05) is 18.8 Å². The van der Waals surface area contributed by atoms with Crippen molar-refractivity contribution in [2.75, 3.05) is 26.7 Å². The van der Waals surface area contributed by atoms with E-state index in [9.17, 15) is 9.59 Å². The van der Waals surface area contributed by atoms with E-state index in [2.05, 4.69) is 17.2 Å². The van der Waals surface area contributed by atoms with Gasteiger partial charge in [-0.3, -0.25) is 9.59 Å². The number of hydrogen-bond donors (Lipinski definition) is 2. The summed E-state index contributed by atoms with van der Waals surface area (Å²) in [6.07, 6.45) is 0.862. The average molecular weight is 308 g/mol. The zero-order chi connectivity index (χ0) is 15.8. The molecule has 1 aromatic rings. The van der Waals surface area contributed by atoms with Crippen molar-refractivity contribution in [2.45, 2.75) is 20.3 Å². The molecule has 0 aromatic carbocycles. The summed E-state index contributed by atoms with van der Waals surface area (Å²) < 4.78 is 0. The molecule has 21 heavy (non-hydrogen) atoms. The maximum Gasteiger partial charge on any atom is 0.264 e. The van der Waals surface area contributed by atoms with Crippen LogP contribution in [0.25, 0.3) is 0 Å². The Morgan fingerprint density at radius 1 is 1.48 bits per heavy atom. The van der Waals surface area contributed by atoms with Crippen LogP contribution >= 0.6 is 11.3 Å². The lowest BCUT2D eigenvalue weighted by Gasteiger charge is -2.15. The Labute approximate surface area is 129 Å². The molecule has 0 aliphatic rings. The minimum atomic E-state index is -0.210. The van der Waals surface area contributed by atoms with Crippen LogP contribution in [-0.4, -0.2) is 48.6 Å². The van der Waals surface area contributed by atoms with Crippen LogP contribution in [-0.2, 0) is 4.79 Å². The summed E-state index contributed by atoms with van der Waals surface area (Å²) in [5.41, 5.74) is 0.896. The number of thiophene rings is 1. The molecule has 1 heterocycles. The summed E-state index contributed by atoms with van der Waals surface area (Å²) >= 11 is 1.27. The number of hydrogen-bond acceptors (Lipinski definition) is 4. The fourth-order valence-electron chi connectivity index (χ4n) is 1.63. The zero-order valence-electron chi connectivity index (χ0n) is 12.5. The highest BCUT2D eigenvalue weighted by Gasteiger charge is 2.17. The largest absolute Gasteiger partial charge is 0.384 e. The second kappa shape index (κ2) is 8.45. The third-order valence-corrected chi connectivity index (χ3v) is 3.85. The van der Waals surface area contributed by atoms with Gasteiger partial charge in [0.25, 0.3) is 5.91 Å². The first-order chi connectivity index (χ1) is 9.99. The first-order valence-electron chi connectivity index (χ1n) is 6.71. The van der Waals surface area contributed by atoms with E-state index in [1.807, 2.05) is 13.8 Å². The summed E-state index contributed by atoms with van der Waals surface area (Å²) in [6.45, 7) is 4.27. The van der Waals surface area contributed by atoms with E-state index < -0.39 is 0 Å². The van der Waals surface area contributed by atoms with Gasteiger partial charge in [0.2, 0.25) is 5.91 Å². The molecule has 1 rings (SSSR count). The van der Waals surface area contributed by atoms with Gasteiger partial charge in [0.1, 0.15) is 6.61 Å². The smallest absolute Gasteiger partial charge is 0.264 e. The van der Waals surface area contributed by atoms with Crippen molar-refractivity contribution in [3.63, 3.8) is 0 Å². The number of aliphatic hydroxyl groups excluding tert-OH is 1. The molecule has 0 spiro atoms. The van der Waals surface area contributed by atoms with Crippen molar-refractivity contribution in [3.8, 4) is 11.8 Å². The molecule has 0 unspecified atom stereocenters. The summed E-state index contributed by atoms with van der Waals surface area (Å²) in [5.74, 6) is 5.02. The third kappa shape index (κ3) is 5.21. The van der Waals surface area contributed by atoms with Gasteiger partial charge in [-0.05, 0) is 25.0 Å². The summed E-state index contributed by atoms with van der Waals surface area (Å²) in [6, 6.07) is 1.76. The molecule has 0 saturated heterocycles. The predicted molar refractivity (Wildman–Crippen MR) is 83.3 cm³/mol. The van der Waals surface area contributed by atoms with Crippen LogP contribution in [0.15, 0.2) is 6.07 Å². The highest BCUT2D eigenvalue weighted by Crippen LogP contribution is 2.22. The molecule has 0 saturated carbocycles. The molecule has 0 radical (unpaired) electrons. The van der Waals surface area contributed by atoms with Crippen LogP contribution in [0, 0.1) is 18.8 Å². The van der Waals surface area contributed by atoms with E-state index in [1.165, 1.54) is 16.2 Å². The topological polar surface area (TPSA) is 69.6 Å². The number of likely N-dealkylation sites (N-methyl/N-ethyl adjacent to an activating group) is 1. The molecule has 0 atom stereocenters. The Kier molecular flexibility index (Phi) is 6.92. The molecular weight excluding hydrogens is 288 g/mol. The summed E-state index contributed by atoms with van der Waals surface area (Å²) in [4.78, 5) is 26.6. The predicted octanol–water partition coefficient (Wildman–Crippen LogP) is 0.999. The van der Waals surface area contributed by atoms with Crippen LogP contribution in [0.5, 0.6) is 0 Å². The van der Waals surface area contributed by atoms with E-state index >= 15 is 0 Å². The third-order valence-electron chi connectivity index (χ3n) is 2.71. The van der Waals surface area contributed by atoms with E-state index in [0.717, 1.165) is 16.9 Å². The number of amides is 2. The SMILES string of the molecule is CCCNC(=O)CN(C)C(=O)c1cc(C)c(C#CCO)s1. The lowest BCUT2D eigenvalue weighted by atomic mass is 10.2. The normalized spacial score (nSPS) is 9.71. The number of aryl methyl sites for hydroxylation is 1. The molecule has 6 heteroatoms. The van der Waals surface area contributed by atoms with Crippen LogP contribution in [0.4, 0.5) is 0 Å². The number of carbonyl (C=O) groups is 2. The highest BCUT2D eigenvalue weighted by molar-refractivity contribution is 7.14. The summed E-state index contributed by atoms with van der Waals surface area (Å²) in [5, 5.41) is 11.4. The lowest BCUT2D eigenvalue weighted by molar-refractivity contribution is -0.121. The lowest BCUT2D eigenvalue weighted by Crippen LogP contribution is -2.38. The van der Waals surface area contributed by atoms with Crippen molar-refractivity contribution < 1.29 is 14.7 Å². The Bertz CT molecular complexity index is 569. The highest BCUT2D eigenvalue weighted by atomic mass is 32.1. The molecule has 0 aliphatic carbocycles. The molecule has 1 aromatic heterocycles. The van der Waals surface area contributed by atoms with Crippen LogP contribution < -0.4 is 5.32 Å². The van der Waals surface area contributed by atoms with Gasteiger partial charge in [0.15, 0.2) is 0 Å². The minimum absolute atomic E-state index is 0.0352. The van der Waals surface area contributed by atoms with E-state index in [-0.39, 0.29) is 25.0 Å². The molecule has 114 valence electrons. The molecule has 2 amide bonds. The number of aliphatic hydroxyl groups is 1. The number of nitrogens with zero attached hydrogens (tertiary/aromatic N) is 1. The van der Waals surface area contributed by atoms with Gasteiger partial charge < -0.3 is 15.3 Å². The zero-order valence-corrected chi connectivity index (χ0v) is 13.3. The van der Waals surface area contributed by atoms with E-state index in [0.29, 0.717) is 11.4 Å². The first-order valence-corrected chi connectivity index (χ1v) is 7.53. The van der Waals surface area contributed by atoms with Crippen LogP contribution in [0.3, 0.4) is 0 Å². The van der Waals surface area contributed by atoms with Gasteiger partial charge in [-0.25, -0.2) is 0 Å². The fraction of sp³-hybridized carbons (Fsp3) is 0.467. The van der Waals surface area contributed by atoms with Crippen LogP contribution in [0.1, 0.15) is 33.5 Å². The van der Waals surface area contributed by atoms with Gasteiger partial charge in [-0.2, -0.15) is 0 Å². The fourth-order valence-corrected chi connectivity index (χ4v) is 2.67. The van der Waals surface area contributed by atoms with Gasteiger partial charge in [0, 0.05) is 13.6 Å². The van der Waals surface area contributed by atoms with Gasteiger partial charge in [0.05, 0.1) is 16.3 Å². The van der Waals surface area contributed by atoms with Crippen LogP contribution in [0.2, 0.25) is 0 Å². The quantitative estimate of drug-likeness (QED) is 0.797. The number of rotatable bonds is 5. The standard InChI is InChI=1S/C15H20N2O3S/c1-4-7-16-14(19)10-17(3)15(20)13-9-11(2)12(21-13)6-5-8-18/h9,18H,4,7-8,10H2,1-3H3,(H,16,19). The second-order valence-corrected chi connectivity index (χ2v) is 5.65. The molecule has 0 fully saturated rings. The number of carbonyl (C=O) groups excluding carboxylic acids is 2.